The molecular weight excluding hydrogens is 192 g/mol. The number of hydrogen-bond donors (Lipinski definition) is 2. The van der Waals surface area contributed by atoms with Crippen LogP contribution in [0.3, 0.4) is 0 Å². The number of rotatable bonds is 2. The Balaban J connectivity index is 2.35. The van der Waals surface area contributed by atoms with Gasteiger partial charge in [-0.25, -0.2) is 0 Å². The first-order valence-corrected chi connectivity index (χ1v) is 5.27. The summed E-state index contributed by atoms with van der Waals surface area (Å²) in [5.41, 5.74) is 2.80. The predicted octanol–water partition coefficient (Wildman–Crippen LogP) is -0.184. The van der Waals surface area contributed by atoms with Gasteiger partial charge >= 0.3 is 0 Å². The molecule has 5 heteroatoms. The van der Waals surface area contributed by atoms with Crippen LogP contribution in [-0.2, 0) is 20.0 Å². The second-order valence-electron chi connectivity index (χ2n) is 3.68. The second-order valence-corrected chi connectivity index (χ2v) is 3.68. The molecule has 5 nitrogen and oxygen atoms in total. The summed E-state index contributed by atoms with van der Waals surface area (Å²) < 4.78 is 1.82. The van der Waals surface area contributed by atoms with Gasteiger partial charge in [0.25, 0.3) is 5.91 Å². The highest BCUT2D eigenvalue weighted by atomic mass is 16.1. The molecule has 1 aromatic heterocycles. The molecule has 0 saturated carbocycles. The van der Waals surface area contributed by atoms with Crippen LogP contribution in [0.2, 0.25) is 0 Å². The summed E-state index contributed by atoms with van der Waals surface area (Å²) in [7, 11) is 1.90. The van der Waals surface area contributed by atoms with E-state index >= 15 is 0 Å². The maximum Gasteiger partial charge on any atom is 0.272 e. The van der Waals surface area contributed by atoms with Gasteiger partial charge < -0.3 is 10.6 Å². The summed E-state index contributed by atoms with van der Waals surface area (Å²) in [5, 5.41) is 10.3. The van der Waals surface area contributed by atoms with Gasteiger partial charge in [0.05, 0.1) is 0 Å². The van der Waals surface area contributed by atoms with E-state index in [-0.39, 0.29) is 5.91 Å². The molecule has 1 aliphatic rings. The minimum atomic E-state index is -0.0713. The van der Waals surface area contributed by atoms with Gasteiger partial charge in [0.2, 0.25) is 0 Å². The number of amides is 1. The molecule has 0 bridgehead atoms. The van der Waals surface area contributed by atoms with Gasteiger partial charge in [-0.1, -0.05) is 0 Å². The molecule has 82 valence electrons. The van der Waals surface area contributed by atoms with E-state index in [4.69, 9.17) is 0 Å². The Kier molecular flexibility index (Phi) is 2.73. The molecule has 0 unspecified atom stereocenters. The van der Waals surface area contributed by atoms with Gasteiger partial charge in [-0.15, -0.1) is 0 Å². The molecule has 1 amide bonds. The molecule has 2 N–H and O–H groups in total. The molecular formula is C10H16N4O. The summed E-state index contributed by atoms with van der Waals surface area (Å²) in [6.07, 6.45) is 0.943. The molecule has 0 spiro atoms. The lowest BCUT2D eigenvalue weighted by molar-refractivity contribution is 0.0949. The Labute approximate surface area is 88.8 Å². The SMILES string of the molecule is CCNC(=O)c1nn(C)c2c1CNCC2. The summed E-state index contributed by atoms with van der Waals surface area (Å²) >= 11 is 0. The zero-order chi connectivity index (χ0) is 10.8. The highest BCUT2D eigenvalue weighted by molar-refractivity contribution is 5.94. The highest BCUT2D eigenvalue weighted by Gasteiger charge is 2.22. The van der Waals surface area contributed by atoms with Crippen LogP contribution in [0.15, 0.2) is 0 Å². The molecule has 2 heterocycles. The van der Waals surface area contributed by atoms with E-state index in [1.807, 2.05) is 18.7 Å². The lowest BCUT2D eigenvalue weighted by atomic mass is 10.1. The standard InChI is InChI=1S/C10H16N4O/c1-3-12-10(15)9-7-6-11-5-4-8(7)14(2)13-9/h11H,3-6H2,1-2H3,(H,12,15). The minimum Gasteiger partial charge on any atom is -0.351 e. The normalized spacial score (nSPS) is 14.8. The molecule has 0 radical (unpaired) electrons. The van der Waals surface area contributed by atoms with Crippen molar-refractivity contribution in [1.82, 2.24) is 20.4 Å². The van der Waals surface area contributed by atoms with Gasteiger partial charge in [-0.05, 0) is 6.92 Å². The third-order valence-corrected chi connectivity index (χ3v) is 2.67. The van der Waals surface area contributed by atoms with Crippen LogP contribution in [0.4, 0.5) is 0 Å². The number of carbonyl (C=O) groups excluding carboxylic acids is 1. The van der Waals surface area contributed by atoms with Crippen LogP contribution in [0.5, 0.6) is 0 Å². The Hall–Kier alpha value is -1.36. The smallest absolute Gasteiger partial charge is 0.272 e. The van der Waals surface area contributed by atoms with E-state index in [1.165, 1.54) is 5.69 Å². The molecule has 0 aliphatic carbocycles. The van der Waals surface area contributed by atoms with E-state index in [9.17, 15) is 4.79 Å². The topological polar surface area (TPSA) is 59.0 Å². The van der Waals surface area contributed by atoms with E-state index in [0.717, 1.165) is 25.1 Å². The Morgan fingerprint density at radius 1 is 1.67 bits per heavy atom. The Bertz CT molecular complexity index is 383. The molecule has 0 atom stereocenters. The molecule has 1 aromatic rings. The van der Waals surface area contributed by atoms with Crippen molar-refractivity contribution in [3.63, 3.8) is 0 Å². The van der Waals surface area contributed by atoms with Crippen LogP contribution in [-0.4, -0.2) is 28.8 Å². The summed E-state index contributed by atoms with van der Waals surface area (Å²) in [6, 6.07) is 0. The monoisotopic (exact) mass is 208 g/mol. The highest BCUT2D eigenvalue weighted by Crippen LogP contribution is 2.17. The minimum absolute atomic E-state index is 0.0713. The van der Waals surface area contributed by atoms with Crippen molar-refractivity contribution in [2.75, 3.05) is 13.1 Å². The quantitative estimate of drug-likeness (QED) is 0.708. The lowest BCUT2D eigenvalue weighted by Gasteiger charge is -2.13. The van der Waals surface area contributed by atoms with Crippen molar-refractivity contribution in [1.29, 1.82) is 0 Å². The number of nitrogens with zero attached hydrogens (tertiary/aromatic N) is 2. The summed E-state index contributed by atoms with van der Waals surface area (Å²) in [6.45, 7) is 4.25. The fraction of sp³-hybridized carbons (Fsp3) is 0.600. The zero-order valence-electron chi connectivity index (χ0n) is 9.13. The number of carbonyl (C=O) groups is 1. The first kappa shape index (κ1) is 10.2. The van der Waals surface area contributed by atoms with Gasteiger partial charge in [0, 0.05) is 44.4 Å². The van der Waals surface area contributed by atoms with Gasteiger partial charge in [0.15, 0.2) is 5.69 Å². The largest absolute Gasteiger partial charge is 0.351 e. The van der Waals surface area contributed by atoms with Crippen LogP contribution in [0.25, 0.3) is 0 Å². The molecule has 0 aromatic carbocycles. The molecule has 15 heavy (non-hydrogen) atoms. The van der Waals surface area contributed by atoms with Crippen molar-refractivity contribution in [3.05, 3.63) is 17.0 Å². The van der Waals surface area contributed by atoms with E-state index < -0.39 is 0 Å². The van der Waals surface area contributed by atoms with Crippen LogP contribution in [0, 0.1) is 0 Å². The van der Waals surface area contributed by atoms with Crippen molar-refractivity contribution in [3.8, 4) is 0 Å². The fourth-order valence-corrected chi connectivity index (χ4v) is 1.95. The number of nitrogens with one attached hydrogen (secondary N) is 2. The maximum absolute atomic E-state index is 11.7. The molecule has 2 rings (SSSR count). The van der Waals surface area contributed by atoms with Crippen LogP contribution >= 0.6 is 0 Å². The first-order valence-electron chi connectivity index (χ1n) is 5.27. The lowest BCUT2D eigenvalue weighted by Crippen LogP contribution is -2.28. The Morgan fingerprint density at radius 3 is 3.20 bits per heavy atom. The van der Waals surface area contributed by atoms with E-state index in [0.29, 0.717) is 12.2 Å². The first-order chi connectivity index (χ1) is 7.24. The van der Waals surface area contributed by atoms with Gasteiger partial charge in [0.1, 0.15) is 0 Å². The van der Waals surface area contributed by atoms with E-state index in [1.54, 1.807) is 0 Å². The van der Waals surface area contributed by atoms with Crippen molar-refractivity contribution in [2.24, 2.45) is 7.05 Å². The third kappa shape index (κ3) is 1.74. The van der Waals surface area contributed by atoms with E-state index in [2.05, 4.69) is 15.7 Å². The third-order valence-electron chi connectivity index (χ3n) is 2.67. The maximum atomic E-state index is 11.7. The molecule has 0 fully saturated rings. The van der Waals surface area contributed by atoms with Crippen molar-refractivity contribution >= 4 is 5.91 Å². The zero-order valence-corrected chi connectivity index (χ0v) is 9.13. The Morgan fingerprint density at radius 2 is 2.47 bits per heavy atom. The number of fused-ring (bicyclic) bond motifs is 1. The van der Waals surface area contributed by atoms with Gasteiger partial charge in [-0.3, -0.25) is 9.48 Å². The van der Waals surface area contributed by atoms with Gasteiger partial charge in [-0.2, -0.15) is 5.10 Å². The van der Waals surface area contributed by atoms with Crippen LogP contribution < -0.4 is 10.6 Å². The van der Waals surface area contributed by atoms with Crippen LogP contribution in [0.1, 0.15) is 28.7 Å². The summed E-state index contributed by atoms with van der Waals surface area (Å²) in [4.78, 5) is 11.7. The molecule has 0 saturated heterocycles. The average molecular weight is 208 g/mol. The summed E-state index contributed by atoms with van der Waals surface area (Å²) in [5.74, 6) is -0.0713. The average Bonchev–Trinajstić information content (AvgIpc) is 2.58. The predicted molar refractivity (Wildman–Crippen MR) is 56.6 cm³/mol. The fourth-order valence-electron chi connectivity index (χ4n) is 1.95. The van der Waals surface area contributed by atoms with Crippen molar-refractivity contribution in [2.45, 2.75) is 19.9 Å². The number of hydrogen-bond acceptors (Lipinski definition) is 3. The van der Waals surface area contributed by atoms with Crippen molar-refractivity contribution < 1.29 is 4.79 Å². The molecule has 1 aliphatic heterocycles. The number of aromatic nitrogens is 2. The second kappa shape index (κ2) is 4.02. The number of aryl methyl sites for hydroxylation is 1.